The predicted octanol–water partition coefficient (Wildman–Crippen LogP) is 0.641. The minimum atomic E-state index is -0.942. The number of carbonyl (C=O) groups is 1. The van der Waals surface area contributed by atoms with Crippen LogP contribution in [0.15, 0.2) is 0 Å². The van der Waals surface area contributed by atoms with Crippen molar-refractivity contribution in [2.45, 2.75) is 13.8 Å². The number of rotatable bonds is 4. The summed E-state index contributed by atoms with van der Waals surface area (Å²) in [6.45, 7) is 4.22. The van der Waals surface area contributed by atoms with Crippen LogP contribution in [0.3, 0.4) is 0 Å². The minimum Gasteiger partial charge on any atom is -0.383 e. The van der Waals surface area contributed by atoms with Crippen LogP contribution in [0.1, 0.15) is 13.8 Å². The molecular weight excluding hydrogens is 168 g/mol. The molecule has 0 heterocycles. The first-order valence-corrected chi connectivity index (χ1v) is 4.11. The fourth-order valence-corrected chi connectivity index (χ4v) is 0.855. The second-order valence-corrected chi connectivity index (χ2v) is 3.46. The van der Waals surface area contributed by atoms with Crippen LogP contribution in [0, 0.1) is 16.7 Å². The molecule has 0 radical (unpaired) electrons. The third kappa shape index (κ3) is 3.43. The van der Waals surface area contributed by atoms with Crippen LogP contribution in [-0.2, 0) is 9.53 Å². The average molecular weight is 184 g/mol. The maximum absolute atomic E-state index is 11.5. The maximum atomic E-state index is 11.5. The van der Waals surface area contributed by atoms with Gasteiger partial charge in [0.2, 0.25) is 5.91 Å². The number of nitrogens with zero attached hydrogens (tertiary/aromatic N) is 2. The van der Waals surface area contributed by atoms with Crippen LogP contribution in [0.2, 0.25) is 0 Å². The standard InChI is InChI=1S/C9H16N2O2/c1-9(2,7-10)8(12)11(3)5-6-13-4/h5-6H2,1-4H3. The van der Waals surface area contributed by atoms with E-state index in [1.807, 2.05) is 6.07 Å². The van der Waals surface area contributed by atoms with Gasteiger partial charge in [0.1, 0.15) is 5.41 Å². The quantitative estimate of drug-likeness (QED) is 0.644. The lowest BCUT2D eigenvalue weighted by atomic mass is 9.94. The van der Waals surface area contributed by atoms with Crippen LogP contribution in [0.4, 0.5) is 0 Å². The monoisotopic (exact) mass is 184 g/mol. The van der Waals surface area contributed by atoms with Crippen LogP contribution in [0.25, 0.3) is 0 Å². The van der Waals surface area contributed by atoms with Crippen molar-refractivity contribution in [2.75, 3.05) is 27.3 Å². The largest absolute Gasteiger partial charge is 0.383 e. The van der Waals surface area contributed by atoms with Crippen molar-refractivity contribution in [3.63, 3.8) is 0 Å². The van der Waals surface area contributed by atoms with Crippen LogP contribution >= 0.6 is 0 Å². The summed E-state index contributed by atoms with van der Waals surface area (Å²) in [5.41, 5.74) is -0.942. The van der Waals surface area contributed by atoms with Crippen molar-refractivity contribution in [2.24, 2.45) is 5.41 Å². The van der Waals surface area contributed by atoms with E-state index >= 15 is 0 Å². The van der Waals surface area contributed by atoms with Crippen LogP contribution in [0.5, 0.6) is 0 Å². The summed E-state index contributed by atoms with van der Waals surface area (Å²) < 4.78 is 4.83. The van der Waals surface area contributed by atoms with E-state index in [4.69, 9.17) is 10.00 Å². The summed E-state index contributed by atoms with van der Waals surface area (Å²) in [6, 6.07) is 1.97. The molecule has 0 aromatic carbocycles. The zero-order valence-electron chi connectivity index (χ0n) is 8.63. The molecule has 0 unspecified atom stereocenters. The van der Waals surface area contributed by atoms with E-state index in [0.29, 0.717) is 13.2 Å². The number of hydrogen-bond acceptors (Lipinski definition) is 3. The smallest absolute Gasteiger partial charge is 0.242 e. The molecule has 0 aromatic heterocycles. The first-order chi connectivity index (χ1) is 5.95. The van der Waals surface area contributed by atoms with Gasteiger partial charge in [0.15, 0.2) is 0 Å². The highest BCUT2D eigenvalue weighted by Crippen LogP contribution is 2.15. The number of methoxy groups -OCH3 is 1. The SMILES string of the molecule is COCCN(C)C(=O)C(C)(C)C#N. The normalized spacial score (nSPS) is 10.7. The molecule has 0 aliphatic carbocycles. The lowest BCUT2D eigenvalue weighted by Gasteiger charge is -2.23. The van der Waals surface area contributed by atoms with Gasteiger partial charge in [-0.05, 0) is 13.8 Å². The van der Waals surface area contributed by atoms with Crippen LogP contribution in [-0.4, -0.2) is 38.1 Å². The van der Waals surface area contributed by atoms with E-state index in [1.54, 1.807) is 28.0 Å². The number of likely N-dealkylation sites (N-methyl/N-ethyl adjacent to an activating group) is 1. The van der Waals surface area contributed by atoms with E-state index in [9.17, 15) is 4.79 Å². The van der Waals surface area contributed by atoms with E-state index in [0.717, 1.165) is 0 Å². The van der Waals surface area contributed by atoms with Crippen molar-refractivity contribution in [3.05, 3.63) is 0 Å². The van der Waals surface area contributed by atoms with E-state index in [-0.39, 0.29) is 5.91 Å². The van der Waals surface area contributed by atoms with Gasteiger partial charge in [-0.2, -0.15) is 5.26 Å². The molecule has 74 valence electrons. The van der Waals surface area contributed by atoms with Gasteiger partial charge in [-0.15, -0.1) is 0 Å². The molecule has 0 fully saturated rings. The lowest BCUT2D eigenvalue weighted by molar-refractivity contribution is -0.136. The Kier molecular flexibility index (Phi) is 4.43. The molecule has 0 bridgehead atoms. The highest BCUT2D eigenvalue weighted by atomic mass is 16.5. The molecular formula is C9H16N2O2. The summed E-state index contributed by atoms with van der Waals surface area (Å²) in [4.78, 5) is 13.1. The van der Waals surface area contributed by atoms with Gasteiger partial charge in [-0.3, -0.25) is 4.79 Å². The Morgan fingerprint density at radius 2 is 2.15 bits per heavy atom. The first kappa shape index (κ1) is 11.9. The molecule has 0 N–H and O–H groups in total. The topological polar surface area (TPSA) is 53.3 Å². The number of amides is 1. The van der Waals surface area contributed by atoms with E-state index < -0.39 is 5.41 Å². The molecule has 13 heavy (non-hydrogen) atoms. The van der Waals surface area contributed by atoms with E-state index in [2.05, 4.69) is 0 Å². The molecule has 0 saturated carbocycles. The van der Waals surface area contributed by atoms with Gasteiger partial charge in [0.25, 0.3) is 0 Å². The average Bonchev–Trinajstić information content (AvgIpc) is 2.12. The molecule has 0 rings (SSSR count). The van der Waals surface area contributed by atoms with Crippen molar-refractivity contribution in [1.82, 2.24) is 4.90 Å². The minimum absolute atomic E-state index is 0.174. The fourth-order valence-electron chi connectivity index (χ4n) is 0.855. The summed E-state index contributed by atoms with van der Waals surface area (Å²) in [7, 11) is 3.24. The van der Waals surface area contributed by atoms with Gasteiger partial charge in [0, 0.05) is 20.7 Å². The first-order valence-electron chi connectivity index (χ1n) is 4.11. The number of ether oxygens (including phenoxy) is 1. The number of hydrogen-bond donors (Lipinski definition) is 0. The Bertz CT molecular complexity index is 218. The molecule has 0 saturated heterocycles. The van der Waals surface area contributed by atoms with Crippen molar-refractivity contribution >= 4 is 5.91 Å². The second kappa shape index (κ2) is 4.83. The van der Waals surface area contributed by atoms with Crippen LogP contribution < -0.4 is 0 Å². The zero-order valence-corrected chi connectivity index (χ0v) is 8.63. The highest BCUT2D eigenvalue weighted by molar-refractivity contribution is 5.84. The Morgan fingerprint density at radius 1 is 1.62 bits per heavy atom. The Balaban J connectivity index is 4.19. The highest BCUT2D eigenvalue weighted by Gasteiger charge is 2.29. The molecule has 4 nitrogen and oxygen atoms in total. The summed E-state index contributed by atoms with van der Waals surface area (Å²) >= 11 is 0. The van der Waals surface area contributed by atoms with Crippen molar-refractivity contribution < 1.29 is 9.53 Å². The molecule has 0 aromatic rings. The number of nitriles is 1. The fraction of sp³-hybridized carbons (Fsp3) is 0.778. The third-order valence-electron chi connectivity index (χ3n) is 1.79. The predicted molar refractivity (Wildman–Crippen MR) is 48.9 cm³/mol. The van der Waals surface area contributed by atoms with Gasteiger partial charge in [-0.25, -0.2) is 0 Å². The Hall–Kier alpha value is -1.08. The molecule has 0 atom stereocenters. The zero-order chi connectivity index (χ0) is 10.5. The van der Waals surface area contributed by atoms with Gasteiger partial charge >= 0.3 is 0 Å². The summed E-state index contributed by atoms with van der Waals surface area (Å²) in [5.74, 6) is -0.174. The van der Waals surface area contributed by atoms with Crippen molar-refractivity contribution in [3.8, 4) is 6.07 Å². The number of carbonyl (C=O) groups excluding carboxylic acids is 1. The van der Waals surface area contributed by atoms with Gasteiger partial charge < -0.3 is 9.64 Å². The van der Waals surface area contributed by atoms with Gasteiger partial charge in [-0.1, -0.05) is 0 Å². The molecule has 0 aliphatic heterocycles. The lowest BCUT2D eigenvalue weighted by Crippen LogP contribution is -2.39. The van der Waals surface area contributed by atoms with Gasteiger partial charge in [0.05, 0.1) is 12.7 Å². The second-order valence-electron chi connectivity index (χ2n) is 3.46. The summed E-state index contributed by atoms with van der Waals surface area (Å²) in [5, 5.41) is 8.71. The molecule has 1 amide bonds. The molecule has 4 heteroatoms. The van der Waals surface area contributed by atoms with Crippen molar-refractivity contribution in [1.29, 1.82) is 5.26 Å². The summed E-state index contributed by atoms with van der Waals surface area (Å²) in [6.07, 6.45) is 0. The molecule has 0 spiro atoms. The van der Waals surface area contributed by atoms with E-state index in [1.165, 1.54) is 4.90 Å². The maximum Gasteiger partial charge on any atom is 0.242 e. The Labute approximate surface area is 79.1 Å². The molecule has 0 aliphatic rings. The Morgan fingerprint density at radius 3 is 2.54 bits per heavy atom. The third-order valence-corrected chi connectivity index (χ3v) is 1.79.